The summed E-state index contributed by atoms with van der Waals surface area (Å²) in [7, 11) is 1.59. The Morgan fingerprint density at radius 1 is 1.16 bits per heavy atom. The van der Waals surface area contributed by atoms with Crippen LogP contribution in [-0.2, 0) is 22.6 Å². The third-order valence-electron chi connectivity index (χ3n) is 3.75. The second-order valence-corrected chi connectivity index (χ2v) is 5.71. The van der Waals surface area contributed by atoms with Crippen LogP contribution in [-0.4, -0.2) is 22.5 Å². The van der Waals surface area contributed by atoms with E-state index >= 15 is 0 Å². The second kappa shape index (κ2) is 7.17. The average Bonchev–Trinajstić information content (AvgIpc) is 2.61. The van der Waals surface area contributed by atoms with Crippen molar-refractivity contribution in [2.45, 2.75) is 20.0 Å². The zero-order valence-corrected chi connectivity index (χ0v) is 14.1. The number of rotatable bonds is 5. The molecular formula is C19H18N2O4. The molecule has 3 rings (SSSR count). The largest absolute Gasteiger partial charge is 0.497 e. The minimum Gasteiger partial charge on any atom is -0.497 e. The molecule has 0 saturated carbocycles. The van der Waals surface area contributed by atoms with E-state index in [9.17, 15) is 9.59 Å². The lowest BCUT2D eigenvalue weighted by Gasteiger charge is -2.07. The highest BCUT2D eigenvalue weighted by molar-refractivity contribution is 5.72. The number of aryl methyl sites for hydroxylation is 1. The van der Waals surface area contributed by atoms with Gasteiger partial charge in [-0.25, -0.2) is 4.98 Å². The Kier molecular flexibility index (Phi) is 4.79. The van der Waals surface area contributed by atoms with Crippen molar-refractivity contribution in [1.29, 1.82) is 0 Å². The third kappa shape index (κ3) is 4.03. The highest BCUT2D eigenvalue weighted by Gasteiger charge is 2.08. The Morgan fingerprint density at radius 3 is 2.64 bits per heavy atom. The molecule has 0 N–H and O–H groups in total. The summed E-state index contributed by atoms with van der Waals surface area (Å²) in [6, 6.07) is 12.2. The van der Waals surface area contributed by atoms with Crippen LogP contribution in [0.4, 0.5) is 0 Å². The average molecular weight is 338 g/mol. The smallest absolute Gasteiger partial charge is 0.310 e. The van der Waals surface area contributed by atoms with E-state index in [1.54, 1.807) is 31.5 Å². The van der Waals surface area contributed by atoms with E-state index in [0.29, 0.717) is 11.3 Å². The van der Waals surface area contributed by atoms with Crippen molar-refractivity contribution in [2.75, 3.05) is 7.11 Å². The molecule has 0 aliphatic carbocycles. The van der Waals surface area contributed by atoms with Gasteiger partial charge < -0.3 is 9.47 Å². The fraction of sp³-hybridized carbons (Fsp3) is 0.211. The number of hydrogen-bond acceptors (Lipinski definition) is 5. The Bertz CT molecular complexity index is 961. The van der Waals surface area contributed by atoms with Gasteiger partial charge in [-0.3, -0.25) is 14.0 Å². The molecule has 25 heavy (non-hydrogen) atoms. The standard InChI is InChI=1S/C19H18N2O4/c1-13-3-8-17-20-15(10-18(22)21(17)11-13)12-25-19(23)9-14-4-6-16(24-2)7-5-14/h3-8,10-11H,9,12H2,1-2H3. The quantitative estimate of drug-likeness (QED) is 0.668. The molecular weight excluding hydrogens is 320 g/mol. The van der Waals surface area contributed by atoms with E-state index in [0.717, 1.165) is 16.9 Å². The first-order valence-corrected chi connectivity index (χ1v) is 7.82. The van der Waals surface area contributed by atoms with Crippen LogP contribution in [0.25, 0.3) is 5.65 Å². The van der Waals surface area contributed by atoms with Gasteiger partial charge in [0.05, 0.1) is 19.2 Å². The minimum atomic E-state index is -0.379. The van der Waals surface area contributed by atoms with Gasteiger partial charge in [0.25, 0.3) is 5.56 Å². The summed E-state index contributed by atoms with van der Waals surface area (Å²) < 4.78 is 11.8. The zero-order chi connectivity index (χ0) is 17.8. The van der Waals surface area contributed by atoms with Crippen LogP contribution in [0.1, 0.15) is 16.8 Å². The van der Waals surface area contributed by atoms with E-state index in [1.807, 2.05) is 25.1 Å². The van der Waals surface area contributed by atoms with E-state index in [4.69, 9.17) is 9.47 Å². The summed E-state index contributed by atoms with van der Waals surface area (Å²) in [5, 5.41) is 0. The molecule has 1 aromatic carbocycles. The molecule has 6 heteroatoms. The molecule has 2 aromatic heterocycles. The van der Waals surface area contributed by atoms with E-state index in [-0.39, 0.29) is 24.6 Å². The van der Waals surface area contributed by atoms with Crippen LogP contribution in [0.2, 0.25) is 0 Å². The number of pyridine rings is 1. The van der Waals surface area contributed by atoms with Gasteiger partial charge >= 0.3 is 5.97 Å². The van der Waals surface area contributed by atoms with Crippen LogP contribution in [0, 0.1) is 6.92 Å². The lowest BCUT2D eigenvalue weighted by Crippen LogP contribution is -2.17. The molecule has 0 atom stereocenters. The van der Waals surface area contributed by atoms with E-state index < -0.39 is 0 Å². The molecule has 0 bridgehead atoms. The van der Waals surface area contributed by atoms with Gasteiger partial charge in [0.2, 0.25) is 0 Å². The fourth-order valence-electron chi connectivity index (χ4n) is 2.45. The van der Waals surface area contributed by atoms with Crippen molar-refractivity contribution in [3.05, 3.63) is 75.8 Å². The van der Waals surface area contributed by atoms with Crippen molar-refractivity contribution in [3.63, 3.8) is 0 Å². The molecule has 0 aliphatic heterocycles. The predicted octanol–water partition coefficient (Wildman–Crippen LogP) is 2.30. The third-order valence-corrected chi connectivity index (χ3v) is 3.75. The maximum Gasteiger partial charge on any atom is 0.310 e. The van der Waals surface area contributed by atoms with Gasteiger partial charge in [-0.1, -0.05) is 18.2 Å². The van der Waals surface area contributed by atoms with Crippen LogP contribution in [0.5, 0.6) is 5.75 Å². The van der Waals surface area contributed by atoms with Crippen molar-refractivity contribution < 1.29 is 14.3 Å². The number of aromatic nitrogens is 2. The Balaban J connectivity index is 1.66. The summed E-state index contributed by atoms with van der Waals surface area (Å²) in [5.74, 6) is 0.351. The van der Waals surface area contributed by atoms with Crippen molar-refractivity contribution in [1.82, 2.24) is 9.38 Å². The SMILES string of the molecule is COc1ccc(CC(=O)OCc2cc(=O)n3cc(C)ccc3n2)cc1. The van der Waals surface area contributed by atoms with Crippen LogP contribution in [0.15, 0.2) is 53.5 Å². The maximum atomic E-state index is 12.1. The van der Waals surface area contributed by atoms with Gasteiger partial charge in [-0.15, -0.1) is 0 Å². The first-order valence-electron chi connectivity index (χ1n) is 7.82. The van der Waals surface area contributed by atoms with Gasteiger partial charge in [0.1, 0.15) is 18.0 Å². The lowest BCUT2D eigenvalue weighted by molar-refractivity contribution is -0.144. The number of carbonyl (C=O) groups excluding carboxylic acids is 1. The Labute approximate surface area is 144 Å². The molecule has 0 amide bonds. The number of hydrogen-bond donors (Lipinski definition) is 0. The molecule has 0 unspecified atom stereocenters. The first kappa shape index (κ1) is 16.7. The van der Waals surface area contributed by atoms with Crippen molar-refractivity contribution >= 4 is 11.6 Å². The molecule has 3 aromatic rings. The normalized spacial score (nSPS) is 10.6. The number of ether oxygens (including phenoxy) is 2. The Hall–Kier alpha value is -3.15. The van der Waals surface area contributed by atoms with Gasteiger partial charge in [-0.05, 0) is 36.2 Å². The van der Waals surface area contributed by atoms with Gasteiger partial charge in [-0.2, -0.15) is 0 Å². The molecule has 0 saturated heterocycles. The number of methoxy groups -OCH3 is 1. The lowest BCUT2D eigenvalue weighted by atomic mass is 10.1. The summed E-state index contributed by atoms with van der Waals surface area (Å²) in [6.07, 6.45) is 1.87. The predicted molar refractivity (Wildman–Crippen MR) is 92.7 cm³/mol. The summed E-state index contributed by atoms with van der Waals surface area (Å²) >= 11 is 0. The number of fused-ring (bicyclic) bond motifs is 1. The van der Waals surface area contributed by atoms with Gasteiger partial charge in [0.15, 0.2) is 0 Å². The number of nitrogens with zero attached hydrogens (tertiary/aromatic N) is 2. The Morgan fingerprint density at radius 2 is 1.92 bits per heavy atom. The van der Waals surface area contributed by atoms with E-state index in [1.165, 1.54) is 10.5 Å². The first-order chi connectivity index (χ1) is 12.0. The molecule has 0 fully saturated rings. The molecule has 2 heterocycles. The summed E-state index contributed by atoms with van der Waals surface area (Å²) in [6.45, 7) is 1.87. The topological polar surface area (TPSA) is 69.9 Å². The number of carbonyl (C=O) groups is 1. The minimum absolute atomic E-state index is 0.0331. The monoisotopic (exact) mass is 338 g/mol. The summed E-state index contributed by atoms with van der Waals surface area (Å²) in [5.41, 5.74) is 2.55. The number of benzene rings is 1. The number of esters is 1. The van der Waals surface area contributed by atoms with Crippen molar-refractivity contribution in [2.24, 2.45) is 0 Å². The molecule has 0 aliphatic rings. The highest BCUT2D eigenvalue weighted by atomic mass is 16.5. The fourth-order valence-corrected chi connectivity index (χ4v) is 2.45. The van der Waals surface area contributed by atoms with Crippen LogP contribution >= 0.6 is 0 Å². The molecule has 0 spiro atoms. The zero-order valence-electron chi connectivity index (χ0n) is 14.1. The van der Waals surface area contributed by atoms with Crippen LogP contribution in [0.3, 0.4) is 0 Å². The molecule has 0 radical (unpaired) electrons. The molecule has 128 valence electrons. The summed E-state index contributed by atoms with van der Waals surface area (Å²) in [4.78, 5) is 28.4. The van der Waals surface area contributed by atoms with E-state index in [2.05, 4.69) is 4.98 Å². The maximum absolute atomic E-state index is 12.1. The van der Waals surface area contributed by atoms with Crippen LogP contribution < -0.4 is 10.3 Å². The highest BCUT2D eigenvalue weighted by Crippen LogP contribution is 2.12. The van der Waals surface area contributed by atoms with Gasteiger partial charge in [0, 0.05) is 12.3 Å². The second-order valence-electron chi connectivity index (χ2n) is 5.71. The van der Waals surface area contributed by atoms with Crippen molar-refractivity contribution in [3.8, 4) is 5.75 Å². The molecule has 6 nitrogen and oxygen atoms in total.